The first-order chi connectivity index (χ1) is 9.12. The maximum atomic E-state index is 13.7. The van der Waals surface area contributed by atoms with Crippen LogP contribution in [0.4, 0.5) is 8.78 Å². The van der Waals surface area contributed by atoms with Crippen LogP contribution in [0.1, 0.15) is 19.4 Å². The standard InChI is InChI=1S/C14H22F2N2O/c1-3-18(4-2)7-8-19-14-12(15)9-11(5-6-17)10-13(14)16/h9-10H,3-8,17H2,1-2H3. The number of hydrogen-bond donors (Lipinski definition) is 1. The molecule has 0 saturated heterocycles. The minimum Gasteiger partial charge on any atom is -0.486 e. The Balaban J connectivity index is 2.63. The molecule has 0 unspecified atom stereocenters. The summed E-state index contributed by atoms with van der Waals surface area (Å²) in [7, 11) is 0. The molecule has 0 atom stereocenters. The summed E-state index contributed by atoms with van der Waals surface area (Å²) in [5.41, 5.74) is 5.91. The smallest absolute Gasteiger partial charge is 0.190 e. The summed E-state index contributed by atoms with van der Waals surface area (Å²) in [5.74, 6) is -1.63. The largest absolute Gasteiger partial charge is 0.486 e. The van der Waals surface area contributed by atoms with E-state index in [1.165, 1.54) is 12.1 Å². The van der Waals surface area contributed by atoms with E-state index in [0.717, 1.165) is 13.1 Å². The zero-order valence-corrected chi connectivity index (χ0v) is 11.6. The molecule has 0 aliphatic carbocycles. The molecule has 1 rings (SSSR count). The minimum atomic E-state index is -0.664. The Morgan fingerprint density at radius 3 is 2.21 bits per heavy atom. The summed E-state index contributed by atoms with van der Waals surface area (Å²) in [6.45, 7) is 7.13. The second-order valence-electron chi connectivity index (χ2n) is 4.30. The fourth-order valence-corrected chi connectivity index (χ4v) is 1.88. The highest BCUT2D eigenvalue weighted by Crippen LogP contribution is 2.23. The lowest BCUT2D eigenvalue weighted by Gasteiger charge is -2.18. The van der Waals surface area contributed by atoms with Crippen molar-refractivity contribution in [3.63, 3.8) is 0 Å². The van der Waals surface area contributed by atoms with Gasteiger partial charge in [0.05, 0.1) is 0 Å². The molecule has 2 N–H and O–H groups in total. The number of halogens is 2. The summed E-state index contributed by atoms with van der Waals surface area (Å²) in [6, 6.07) is 2.56. The highest BCUT2D eigenvalue weighted by molar-refractivity contribution is 5.31. The predicted molar refractivity (Wildman–Crippen MR) is 72.4 cm³/mol. The maximum Gasteiger partial charge on any atom is 0.190 e. The Kier molecular flexibility index (Phi) is 6.73. The van der Waals surface area contributed by atoms with Gasteiger partial charge in [-0.2, -0.15) is 0 Å². The van der Waals surface area contributed by atoms with Crippen molar-refractivity contribution < 1.29 is 13.5 Å². The molecule has 0 bridgehead atoms. The molecule has 0 fully saturated rings. The van der Waals surface area contributed by atoms with E-state index in [1.807, 2.05) is 13.8 Å². The van der Waals surface area contributed by atoms with Crippen LogP contribution >= 0.6 is 0 Å². The molecular formula is C14H22F2N2O. The minimum absolute atomic E-state index is 0.270. The molecule has 0 saturated carbocycles. The van der Waals surface area contributed by atoms with Crippen molar-refractivity contribution in [3.8, 4) is 5.75 Å². The lowest BCUT2D eigenvalue weighted by Crippen LogP contribution is -2.28. The molecular weight excluding hydrogens is 250 g/mol. The Morgan fingerprint density at radius 2 is 1.74 bits per heavy atom. The van der Waals surface area contributed by atoms with E-state index in [-0.39, 0.29) is 12.4 Å². The lowest BCUT2D eigenvalue weighted by atomic mass is 10.1. The van der Waals surface area contributed by atoms with Crippen molar-refractivity contribution in [1.29, 1.82) is 0 Å². The zero-order valence-electron chi connectivity index (χ0n) is 11.6. The predicted octanol–water partition coefficient (Wildman–Crippen LogP) is 2.19. The molecule has 19 heavy (non-hydrogen) atoms. The van der Waals surface area contributed by atoms with Crippen molar-refractivity contribution in [2.24, 2.45) is 5.73 Å². The molecule has 3 nitrogen and oxygen atoms in total. The summed E-state index contributed by atoms with van der Waals surface area (Å²) in [4.78, 5) is 2.12. The number of benzene rings is 1. The number of rotatable bonds is 8. The van der Waals surface area contributed by atoms with Crippen molar-refractivity contribution >= 4 is 0 Å². The fourth-order valence-electron chi connectivity index (χ4n) is 1.88. The summed E-state index contributed by atoms with van der Waals surface area (Å²) < 4.78 is 32.6. The SMILES string of the molecule is CCN(CC)CCOc1c(F)cc(CCN)cc1F. The number of likely N-dealkylation sites (N-methyl/N-ethyl adjacent to an activating group) is 1. The van der Waals surface area contributed by atoms with E-state index >= 15 is 0 Å². The Hall–Kier alpha value is -1.20. The average molecular weight is 272 g/mol. The Bertz CT molecular complexity index is 372. The number of hydrogen-bond acceptors (Lipinski definition) is 3. The molecule has 0 radical (unpaired) electrons. The van der Waals surface area contributed by atoms with Gasteiger partial charge in [0.2, 0.25) is 0 Å². The zero-order chi connectivity index (χ0) is 14.3. The Morgan fingerprint density at radius 1 is 1.16 bits per heavy atom. The molecule has 0 spiro atoms. The van der Waals surface area contributed by atoms with Crippen LogP contribution < -0.4 is 10.5 Å². The van der Waals surface area contributed by atoms with E-state index in [2.05, 4.69) is 4.90 Å². The second kappa shape index (κ2) is 8.07. The monoisotopic (exact) mass is 272 g/mol. The first-order valence-electron chi connectivity index (χ1n) is 6.65. The molecule has 0 aliphatic rings. The van der Waals surface area contributed by atoms with Crippen LogP contribution in [-0.2, 0) is 6.42 Å². The van der Waals surface area contributed by atoms with Crippen molar-refractivity contribution in [3.05, 3.63) is 29.3 Å². The van der Waals surface area contributed by atoms with Gasteiger partial charge in [0.15, 0.2) is 17.4 Å². The van der Waals surface area contributed by atoms with Crippen LogP contribution in [0.25, 0.3) is 0 Å². The molecule has 5 heteroatoms. The summed E-state index contributed by atoms with van der Waals surface area (Å²) in [6.07, 6.45) is 0.452. The van der Waals surface area contributed by atoms with Gasteiger partial charge in [-0.15, -0.1) is 0 Å². The van der Waals surface area contributed by atoms with Crippen LogP contribution in [0.2, 0.25) is 0 Å². The summed E-state index contributed by atoms with van der Waals surface area (Å²) in [5, 5.41) is 0. The van der Waals surface area contributed by atoms with Gasteiger partial charge in [-0.05, 0) is 43.8 Å². The quantitative estimate of drug-likeness (QED) is 0.788. The maximum absolute atomic E-state index is 13.7. The van der Waals surface area contributed by atoms with Gasteiger partial charge in [-0.25, -0.2) is 8.78 Å². The van der Waals surface area contributed by atoms with Gasteiger partial charge in [0.25, 0.3) is 0 Å². The van der Waals surface area contributed by atoms with Crippen LogP contribution in [-0.4, -0.2) is 37.7 Å². The normalized spacial score (nSPS) is 11.1. The van der Waals surface area contributed by atoms with Crippen LogP contribution in [0.5, 0.6) is 5.75 Å². The van der Waals surface area contributed by atoms with E-state index in [1.54, 1.807) is 0 Å². The molecule has 0 aliphatic heterocycles. The summed E-state index contributed by atoms with van der Waals surface area (Å²) >= 11 is 0. The third-order valence-electron chi connectivity index (χ3n) is 3.04. The van der Waals surface area contributed by atoms with Gasteiger partial charge >= 0.3 is 0 Å². The van der Waals surface area contributed by atoms with Gasteiger partial charge in [0, 0.05) is 6.54 Å². The molecule has 1 aromatic carbocycles. The van der Waals surface area contributed by atoms with Crippen LogP contribution in [0.3, 0.4) is 0 Å². The van der Waals surface area contributed by atoms with E-state index in [0.29, 0.717) is 25.1 Å². The van der Waals surface area contributed by atoms with Gasteiger partial charge in [-0.3, -0.25) is 0 Å². The lowest BCUT2D eigenvalue weighted by molar-refractivity contribution is 0.211. The van der Waals surface area contributed by atoms with Crippen LogP contribution in [0.15, 0.2) is 12.1 Å². The number of ether oxygens (including phenoxy) is 1. The van der Waals surface area contributed by atoms with Gasteiger partial charge < -0.3 is 15.4 Å². The van der Waals surface area contributed by atoms with E-state index < -0.39 is 11.6 Å². The molecule has 1 aromatic rings. The van der Waals surface area contributed by atoms with Crippen molar-refractivity contribution in [2.45, 2.75) is 20.3 Å². The van der Waals surface area contributed by atoms with E-state index in [4.69, 9.17) is 10.5 Å². The van der Waals surface area contributed by atoms with Crippen molar-refractivity contribution in [2.75, 3.05) is 32.8 Å². The highest BCUT2D eigenvalue weighted by atomic mass is 19.1. The topological polar surface area (TPSA) is 38.5 Å². The molecule has 0 aromatic heterocycles. The van der Waals surface area contributed by atoms with Crippen LogP contribution in [0, 0.1) is 11.6 Å². The number of nitrogens with zero attached hydrogens (tertiary/aromatic N) is 1. The first kappa shape index (κ1) is 15.9. The third-order valence-corrected chi connectivity index (χ3v) is 3.04. The average Bonchev–Trinajstić information content (AvgIpc) is 2.38. The van der Waals surface area contributed by atoms with E-state index in [9.17, 15) is 8.78 Å². The fraction of sp³-hybridized carbons (Fsp3) is 0.571. The third kappa shape index (κ3) is 4.76. The van der Waals surface area contributed by atoms with Gasteiger partial charge in [0.1, 0.15) is 6.61 Å². The van der Waals surface area contributed by atoms with Gasteiger partial charge in [-0.1, -0.05) is 13.8 Å². The highest BCUT2D eigenvalue weighted by Gasteiger charge is 2.12. The Labute approximate surface area is 113 Å². The number of nitrogens with two attached hydrogens (primary N) is 1. The molecule has 0 amide bonds. The van der Waals surface area contributed by atoms with Crippen molar-refractivity contribution in [1.82, 2.24) is 4.90 Å². The second-order valence-corrected chi connectivity index (χ2v) is 4.30. The first-order valence-corrected chi connectivity index (χ1v) is 6.65. The molecule has 0 heterocycles. The molecule has 108 valence electrons.